The van der Waals surface area contributed by atoms with E-state index in [1.54, 1.807) is 24.3 Å². The van der Waals surface area contributed by atoms with Crippen molar-refractivity contribution in [3.63, 3.8) is 0 Å². The van der Waals surface area contributed by atoms with Gasteiger partial charge in [-0.25, -0.2) is 9.78 Å². The molecule has 144 valence electrons. The molecule has 1 N–H and O–H groups in total. The Balaban J connectivity index is 1.36. The topological polar surface area (TPSA) is 83.6 Å². The lowest BCUT2D eigenvalue weighted by Crippen LogP contribution is -2.38. The first-order valence-corrected chi connectivity index (χ1v) is 9.53. The van der Waals surface area contributed by atoms with Gasteiger partial charge >= 0.3 is 5.97 Å². The monoisotopic (exact) mass is 398 g/mol. The van der Waals surface area contributed by atoms with E-state index < -0.39 is 5.97 Å². The molecular weight excluding hydrogens is 380 g/mol. The van der Waals surface area contributed by atoms with E-state index in [4.69, 9.17) is 21.1 Å². The number of carbonyl (C=O) groups excluding carboxylic acids is 1. The number of benzene rings is 2. The number of hydrogen-bond acceptors (Lipinski definition) is 4. The average Bonchev–Trinajstić information content (AvgIpc) is 3.11. The van der Waals surface area contributed by atoms with Gasteiger partial charge in [0.1, 0.15) is 5.52 Å². The summed E-state index contributed by atoms with van der Waals surface area (Å²) in [6.07, 6.45) is 1.86. The van der Waals surface area contributed by atoms with Crippen LogP contribution >= 0.6 is 11.6 Å². The molecule has 3 aromatic rings. The van der Waals surface area contributed by atoms with Crippen LogP contribution in [0.3, 0.4) is 0 Å². The number of carbonyl (C=O) groups is 2. The van der Waals surface area contributed by atoms with Crippen LogP contribution in [0.1, 0.15) is 40.6 Å². The van der Waals surface area contributed by atoms with E-state index in [-0.39, 0.29) is 23.8 Å². The second-order valence-corrected chi connectivity index (χ2v) is 7.43. The van der Waals surface area contributed by atoms with Crippen molar-refractivity contribution in [1.29, 1.82) is 0 Å². The van der Waals surface area contributed by atoms with Crippen molar-refractivity contribution in [2.75, 3.05) is 13.1 Å². The molecule has 0 atom stereocenters. The van der Waals surface area contributed by atoms with Gasteiger partial charge < -0.3 is 14.4 Å². The maximum absolute atomic E-state index is 12.6. The molecule has 2 aromatic carbocycles. The maximum atomic E-state index is 12.6. The number of aromatic nitrogens is 1. The second kappa shape index (κ2) is 7.64. The zero-order valence-electron chi connectivity index (χ0n) is 15.1. The fourth-order valence-corrected chi connectivity index (χ4v) is 3.69. The molecule has 28 heavy (non-hydrogen) atoms. The normalized spacial score (nSPS) is 15.1. The van der Waals surface area contributed by atoms with Gasteiger partial charge in [-0.2, -0.15) is 0 Å². The number of fused-ring (bicyclic) bond motifs is 1. The van der Waals surface area contributed by atoms with Crippen LogP contribution in [0, 0.1) is 0 Å². The van der Waals surface area contributed by atoms with E-state index in [2.05, 4.69) is 4.98 Å². The summed E-state index contributed by atoms with van der Waals surface area (Å²) in [7, 11) is 0. The molecule has 0 unspecified atom stereocenters. The standard InChI is InChI=1S/C21H19ClN2O4/c22-16-5-6-18-17(12-16)23-20(28-18)14-7-9-24(10-8-14)19(25)11-13-1-3-15(4-2-13)21(26)27/h1-6,12,14H,7-11H2,(H,26,27). The molecule has 4 rings (SSSR count). The lowest BCUT2D eigenvalue weighted by atomic mass is 9.96. The first-order valence-electron chi connectivity index (χ1n) is 9.15. The number of rotatable bonds is 4. The summed E-state index contributed by atoms with van der Waals surface area (Å²) in [4.78, 5) is 29.9. The quantitative estimate of drug-likeness (QED) is 0.714. The van der Waals surface area contributed by atoms with E-state index >= 15 is 0 Å². The highest BCUT2D eigenvalue weighted by atomic mass is 35.5. The summed E-state index contributed by atoms with van der Waals surface area (Å²) in [6.45, 7) is 1.30. The van der Waals surface area contributed by atoms with Crippen LogP contribution in [0.25, 0.3) is 11.1 Å². The SMILES string of the molecule is O=C(O)c1ccc(CC(=O)N2CCC(c3nc4cc(Cl)ccc4o3)CC2)cc1. The van der Waals surface area contributed by atoms with Crippen molar-refractivity contribution in [1.82, 2.24) is 9.88 Å². The molecule has 0 bridgehead atoms. The first-order chi connectivity index (χ1) is 13.5. The van der Waals surface area contributed by atoms with E-state index in [0.29, 0.717) is 24.0 Å². The van der Waals surface area contributed by atoms with Crippen LogP contribution in [0.2, 0.25) is 5.02 Å². The lowest BCUT2D eigenvalue weighted by molar-refractivity contribution is -0.131. The molecule has 1 aliphatic heterocycles. The van der Waals surface area contributed by atoms with Crippen LogP contribution in [0.15, 0.2) is 46.9 Å². The van der Waals surface area contributed by atoms with Gasteiger partial charge in [-0.15, -0.1) is 0 Å². The minimum atomic E-state index is -0.971. The number of nitrogens with zero attached hydrogens (tertiary/aromatic N) is 2. The Morgan fingerprint density at radius 2 is 1.86 bits per heavy atom. The minimum Gasteiger partial charge on any atom is -0.478 e. The highest BCUT2D eigenvalue weighted by Crippen LogP contribution is 2.31. The first kappa shape index (κ1) is 18.5. The number of amides is 1. The Hall–Kier alpha value is -2.86. The zero-order chi connectivity index (χ0) is 19.7. The molecule has 1 aromatic heterocycles. The van der Waals surface area contributed by atoms with Crippen molar-refractivity contribution in [2.45, 2.75) is 25.2 Å². The number of hydrogen-bond donors (Lipinski definition) is 1. The van der Waals surface area contributed by atoms with Gasteiger partial charge in [0.05, 0.1) is 12.0 Å². The Morgan fingerprint density at radius 1 is 1.14 bits per heavy atom. The Morgan fingerprint density at radius 3 is 2.54 bits per heavy atom. The lowest BCUT2D eigenvalue weighted by Gasteiger charge is -2.30. The van der Waals surface area contributed by atoms with Gasteiger partial charge in [0.15, 0.2) is 11.5 Å². The molecule has 6 nitrogen and oxygen atoms in total. The molecule has 2 heterocycles. The van der Waals surface area contributed by atoms with Crippen molar-refractivity contribution in [2.24, 2.45) is 0 Å². The molecule has 1 amide bonds. The predicted molar refractivity (Wildman–Crippen MR) is 105 cm³/mol. The van der Waals surface area contributed by atoms with Gasteiger partial charge in [-0.3, -0.25) is 4.79 Å². The number of halogens is 1. The van der Waals surface area contributed by atoms with Gasteiger partial charge in [-0.05, 0) is 48.7 Å². The molecule has 0 saturated carbocycles. The molecule has 1 saturated heterocycles. The van der Waals surface area contributed by atoms with Crippen LogP contribution in [-0.4, -0.2) is 40.0 Å². The third-order valence-electron chi connectivity index (χ3n) is 5.12. The largest absolute Gasteiger partial charge is 0.478 e. The summed E-state index contributed by atoms with van der Waals surface area (Å²) in [6, 6.07) is 11.8. The Labute approximate surface area is 166 Å². The van der Waals surface area contributed by atoms with E-state index in [1.165, 1.54) is 12.1 Å². The van der Waals surface area contributed by atoms with E-state index in [0.717, 1.165) is 29.5 Å². The highest BCUT2D eigenvalue weighted by molar-refractivity contribution is 6.31. The van der Waals surface area contributed by atoms with Crippen LogP contribution < -0.4 is 0 Å². The van der Waals surface area contributed by atoms with Gasteiger partial charge in [-0.1, -0.05) is 23.7 Å². The molecule has 1 aliphatic rings. The molecule has 0 aliphatic carbocycles. The number of aromatic carboxylic acids is 1. The van der Waals surface area contributed by atoms with Crippen molar-refractivity contribution >= 4 is 34.6 Å². The third-order valence-corrected chi connectivity index (χ3v) is 5.35. The molecular formula is C21H19ClN2O4. The fraction of sp³-hybridized carbons (Fsp3) is 0.286. The van der Waals surface area contributed by atoms with Crippen LogP contribution in [-0.2, 0) is 11.2 Å². The van der Waals surface area contributed by atoms with Crippen molar-refractivity contribution in [3.8, 4) is 0 Å². The van der Waals surface area contributed by atoms with Crippen molar-refractivity contribution < 1.29 is 19.1 Å². The summed E-state index contributed by atoms with van der Waals surface area (Å²) >= 11 is 6.00. The third kappa shape index (κ3) is 3.87. The molecule has 0 spiro atoms. The molecule has 1 fully saturated rings. The Kier molecular flexibility index (Phi) is 5.05. The zero-order valence-corrected chi connectivity index (χ0v) is 15.9. The number of carboxylic acid groups (broad SMARTS) is 1. The fourth-order valence-electron chi connectivity index (χ4n) is 3.52. The highest BCUT2D eigenvalue weighted by Gasteiger charge is 2.27. The summed E-state index contributed by atoms with van der Waals surface area (Å²) in [5.74, 6) is -0.0361. The number of carboxylic acids is 1. The number of piperidine rings is 1. The average molecular weight is 399 g/mol. The van der Waals surface area contributed by atoms with Crippen molar-refractivity contribution in [3.05, 3.63) is 64.5 Å². The smallest absolute Gasteiger partial charge is 0.335 e. The van der Waals surface area contributed by atoms with E-state index in [9.17, 15) is 9.59 Å². The van der Waals surface area contributed by atoms with Gasteiger partial charge in [0.2, 0.25) is 5.91 Å². The van der Waals surface area contributed by atoms with Crippen LogP contribution in [0.5, 0.6) is 0 Å². The summed E-state index contributed by atoms with van der Waals surface area (Å²) < 4.78 is 5.86. The predicted octanol–water partition coefficient (Wildman–Crippen LogP) is 4.13. The Bertz CT molecular complexity index is 1020. The summed E-state index contributed by atoms with van der Waals surface area (Å²) in [5.41, 5.74) is 2.51. The molecule has 7 heteroatoms. The summed E-state index contributed by atoms with van der Waals surface area (Å²) in [5, 5.41) is 9.57. The van der Waals surface area contributed by atoms with Gasteiger partial charge in [0.25, 0.3) is 0 Å². The second-order valence-electron chi connectivity index (χ2n) is 7.00. The minimum absolute atomic E-state index is 0.0471. The van der Waals surface area contributed by atoms with Crippen LogP contribution in [0.4, 0.5) is 0 Å². The number of oxazole rings is 1. The number of likely N-dealkylation sites (tertiary alicyclic amines) is 1. The molecule has 0 radical (unpaired) electrons. The van der Waals surface area contributed by atoms with E-state index in [1.807, 2.05) is 11.0 Å². The van der Waals surface area contributed by atoms with Gasteiger partial charge in [0, 0.05) is 24.0 Å². The maximum Gasteiger partial charge on any atom is 0.335 e.